The third kappa shape index (κ3) is 26.2. The van der Waals surface area contributed by atoms with Crippen LogP contribution in [-0.4, -0.2) is 55.3 Å². The van der Waals surface area contributed by atoms with Crippen LogP contribution in [0.25, 0.3) is 0 Å². The molecule has 0 fully saturated rings. The van der Waals surface area contributed by atoms with E-state index in [4.69, 9.17) is 20.4 Å². The van der Waals surface area contributed by atoms with Crippen LogP contribution in [0.3, 0.4) is 0 Å². The molecule has 0 amide bonds. The van der Waals surface area contributed by atoms with E-state index in [1.54, 1.807) is 0 Å². The second-order valence-corrected chi connectivity index (χ2v) is 7.41. The maximum absolute atomic E-state index is 10.2. The molecule has 0 aromatic carbocycles. The molecule has 0 atom stereocenters. The van der Waals surface area contributed by atoms with E-state index in [0.717, 1.165) is 51.4 Å². The van der Waals surface area contributed by atoms with Gasteiger partial charge in [0.25, 0.3) is 0 Å². The number of rotatable bonds is 12. The lowest BCUT2D eigenvalue weighted by atomic mass is 10.1. The van der Waals surface area contributed by atoms with E-state index in [9.17, 15) is 19.2 Å². The molecule has 0 radical (unpaired) electrons. The van der Waals surface area contributed by atoms with Gasteiger partial charge in [0.15, 0.2) is 0 Å². The molecular formula is C24H52O8Si. The van der Waals surface area contributed by atoms with Crippen molar-refractivity contribution in [3.8, 4) is 0 Å². The van der Waals surface area contributed by atoms with Crippen molar-refractivity contribution in [1.29, 1.82) is 0 Å². The highest BCUT2D eigenvalue weighted by atomic mass is 28.1. The van der Waals surface area contributed by atoms with Crippen LogP contribution < -0.4 is 0 Å². The molecule has 0 bridgehead atoms. The van der Waals surface area contributed by atoms with Crippen LogP contribution in [0.15, 0.2) is 0 Å². The summed E-state index contributed by atoms with van der Waals surface area (Å²) < 4.78 is 0. The highest BCUT2D eigenvalue weighted by molar-refractivity contribution is 5.75. The Hall–Kier alpha value is -1.90. The standard InChI is InChI=1S/4C6H12O2.H4Si/c4*1-3-5(4-2)6(7)8;/h4*5H,3-4H2,1-2H3,(H,7,8);1H4. The monoisotopic (exact) mass is 496 g/mol. The normalized spacial score (nSPS) is 9.58. The van der Waals surface area contributed by atoms with Gasteiger partial charge in [-0.05, 0) is 62.3 Å². The van der Waals surface area contributed by atoms with E-state index in [-0.39, 0.29) is 34.6 Å². The van der Waals surface area contributed by atoms with Crippen LogP contribution in [0, 0.1) is 23.7 Å². The van der Waals surface area contributed by atoms with Gasteiger partial charge in [-0.2, -0.15) is 0 Å². The van der Waals surface area contributed by atoms with Gasteiger partial charge in [-0.3, -0.25) is 19.2 Å². The molecule has 0 rings (SSSR count). The minimum Gasteiger partial charge on any atom is -0.481 e. The first-order chi connectivity index (χ1) is 14.9. The molecule has 200 valence electrons. The molecule has 4 N–H and O–H groups in total. The third-order valence-electron chi connectivity index (χ3n) is 5.34. The lowest BCUT2D eigenvalue weighted by Crippen LogP contribution is -2.10. The summed E-state index contributed by atoms with van der Waals surface area (Å²) in [6, 6.07) is 0. The lowest BCUT2D eigenvalue weighted by Gasteiger charge is -2.02. The minimum absolute atomic E-state index is 0. The van der Waals surface area contributed by atoms with E-state index in [1.165, 1.54) is 0 Å². The Morgan fingerprint density at radius 3 is 0.485 bits per heavy atom. The van der Waals surface area contributed by atoms with Gasteiger partial charge >= 0.3 is 23.9 Å². The topological polar surface area (TPSA) is 149 Å². The van der Waals surface area contributed by atoms with E-state index >= 15 is 0 Å². The number of hydrogen-bond donors (Lipinski definition) is 4. The summed E-state index contributed by atoms with van der Waals surface area (Å²) in [6.07, 6.45) is 5.94. The Kier molecular flexibility index (Phi) is 35.3. The van der Waals surface area contributed by atoms with E-state index in [2.05, 4.69) is 0 Å². The number of hydrogen-bond acceptors (Lipinski definition) is 4. The first-order valence-corrected chi connectivity index (χ1v) is 11.8. The predicted molar refractivity (Wildman–Crippen MR) is 138 cm³/mol. The zero-order valence-corrected chi connectivity index (χ0v) is 21.4. The van der Waals surface area contributed by atoms with Gasteiger partial charge in [0.2, 0.25) is 0 Å². The predicted octanol–water partition coefficient (Wildman–Crippen LogP) is 4.58. The fourth-order valence-electron chi connectivity index (χ4n) is 2.55. The van der Waals surface area contributed by atoms with Crippen molar-refractivity contribution in [2.75, 3.05) is 0 Å². The summed E-state index contributed by atoms with van der Waals surface area (Å²) in [4.78, 5) is 40.6. The van der Waals surface area contributed by atoms with Crippen LogP contribution in [-0.2, 0) is 19.2 Å². The Balaban J connectivity index is -0.000000105. The minimum atomic E-state index is -0.671. The summed E-state index contributed by atoms with van der Waals surface area (Å²) in [5.41, 5.74) is 0. The van der Waals surface area contributed by atoms with Crippen molar-refractivity contribution in [2.45, 2.75) is 107 Å². The van der Waals surface area contributed by atoms with Crippen LogP contribution in [0.1, 0.15) is 107 Å². The maximum atomic E-state index is 10.2. The van der Waals surface area contributed by atoms with Crippen LogP contribution in [0.2, 0.25) is 0 Å². The van der Waals surface area contributed by atoms with E-state index < -0.39 is 23.9 Å². The molecule has 33 heavy (non-hydrogen) atoms. The van der Waals surface area contributed by atoms with Gasteiger partial charge in [-0.1, -0.05) is 55.4 Å². The average molecular weight is 497 g/mol. The summed E-state index contributed by atoms with van der Waals surface area (Å²) >= 11 is 0. The van der Waals surface area contributed by atoms with Crippen molar-refractivity contribution in [2.24, 2.45) is 23.7 Å². The molecule has 0 aliphatic heterocycles. The van der Waals surface area contributed by atoms with Gasteiger partial charge in [-0.15, -0.1) is 0 Å². The second-order valence-electron chi connectivity index (χ2n) is 7.41. The lowest BCUT2D eigenvalue weighted by molar-refractivity contribution is -0.142. The number of aliphatic carboxylic acids is 4. The van der Waals surface area contributed by atoms with Crippen LogP contribution >= 0.6 is 0 Å². The van der Waals surface area contributed by atoms with Crippen molar-refractivity contribution in [3.63, 3.8) is 0 Å². The molecule has 0 heterocycles. The molecule has 0 spiro atoms. The first-order valence-electron chi connectivity index (χ1n) is 11.8. The summed E-state index contributed by atoms with van der Waals surface area (Å²) in [6.45, 7) is 15.1. The number of carboxylic acid groups (broad SMARTS) is 4. The Morgan fingerprint density at radius 2 is 0.485 bits per heavy atom. The van der Waals surface area contributed by atoms with Crippen molar-refractivity contribution in [3.05, 3.63) is 0 Å². The first kappa shape index (κ1) is 41.4. The summed E-state index contributed by atoms with van der Waals surface area (Å²) in [7, 11) is 0. The van der Waals surface area contributed by atoms with Gasteiger partial charge in [0.1, 0.15) is 0 Å². The Labute approximate surface area is 205 Å². The molecular weight excluding hydrogens is 444 g/mol. The number of carbonyl (C=O) groups is 4. The Bertz CT molecular complexity index is 393. The quantitative estimate of drug-likeness (QED) is 0.287. The summed E-state index contributed by atoms with van der Waals surface area (Å²) in [5.74, 6) is -3.20. The molecule has 0 unspecified atom stereocenters. The van der Waals surface area contributed by atoms with Crippen molar-refractivity contribution < 1.29 is 39.6 Å². The smallest absolute Gasteiger partial charge is 0.306 e. The fraction of sp³-hybridized carbons (Fsp3) is 0.833. The van der Waals surface area contributed by atoms with Gasteiger partial charge in [0, 0.05) is 0 Å². The van der Waals surface area contributed by atoms with Crippen LogP contribution in [0.5, 0.6) is 0 Å². The van der Waals surface area contributed by atoms with E-state index in [1.807, 2.05) is 55.4 Å². The average Bonchev–Trinajstić information content (AvgIpc) is 2.72. The molecule has 0 aromatic heterocycles. The maximum Gasteiger partial charge on any atom is 0.306 e. The van der Waals surface area contributed by atoms with Gasteiger partial charge in [-0.25, -0.2) is 0 Å². The molecule has 0 saturated heterocycles. The second kappa shape index (κ2) is 28.1. The molecule has 9 heteroatoms. The van der Waals surface area contributed by atoms with Gasteiger partial charge in [0.05, 0.1) is 23.7 Å². The Morgan fingerprint density at radius 1 is 0.394 bits per heavy atom. The largest absolute Gasteiger partial charge is 0.481 e. The highest BCUT2D eigenvalue weighted by Gasteiger charge is 2.12. The number of carboxylic acids is 4. The third-order valence-corrected chi connectivity index (χ3v) is 5.34. The zero-order valence-electron chi connectivity index (χ0n) is 21.4. The molecule has 0 aliphatic rings. The molecule has 0 saturated carbocycles. The van der Waals surface area contributed by atoms with Gasteiger partial charge < -0.3 is 20.4 Å². The molecule has 8 nitrogen and oxygen atoms in total. The van der Waals surface area contributed by atoms with Crippen molar-refractivity contribution in [1.82, 2.24) is 0 Å². The molecule has 0 aliphatic carbocycles. The van der Waals surface area contributed by atoms with E-state index in [0.29, 0.717) is 0 Å². The summed E-state index contributed by atoms with van der Waals surface area (Å²) in [5, 5.41) is 33.5. The zero-order chi connectivity index (χ0) is 26.3. The fourth-order valence-corrected chi connectivity index (χ4v) is 2.55. The van der Waals surface area contributed by atoms with Crippen molar-refractivity contribution >= 4 is 34.8 Å². The molecule has 0 aromatic rings. The van der Waals surface area contributed by atoms with Crippen LogP contribution in [0.4, 0.5) is 0 Å². The SMILES string of the molecule is CCC(CC)C(=O)O.CCC(CC)C(=O)O.CCC(CC)C(=O)O.CCC(CC)C(=O)O.[SiH4]. The highest BCUT2D eigenvalue weighted by Crippen LogP contribution is 2.07.